The Bertz CT molecular complexity index is 727. The summed E-state index contributed by atoms with van der Waals surface area (Å²) in [4.78, 5) is 16.8. The van der Waals surface area contributed by atoms with Crippen LogP contribution in [0.4, 0.5) is 0 Å². The first-order valence-electron chi connectivity index (χ1n) is 7.52. The fraction of sp³-hybridized carbons (Fsp3) is 0.158. The van der Waals surface area contributed by atoms with E-state index in [0.717, 1.165) is 16.8 Å². The second-order valence-corrected chi connectivity index (χ2v) is 5.33. The van der Waals surface area contributed by atoms with Crippen LogP contribution in [0.1, 0.15) is 28.5 Å². The number of oxazole rings is 1. The van der Waals surface area contributed by atoms with E-state index in [1.165, 1.54) is 6.39 Å². The predicted octanol–water partition coefficient (Wildman–Crippen LogP) is 3.43. The Labute approximate surface area is 135 Å². The minimum Gasteiger partial charge on any atom is -0.446 e. The number of nitrogens with zero attached hydrogens (tertiary/aromatic N) is 1. The van der Waals surface area contributed by atoms with Crippen LogP contribution < -0.4 is 5.32 Å². The summed E-state index contributed by atoms with van der Waals surface area (Å²) in [6.45, 7) is 2.19. The summed E-state index contributed by atoms with van der Waals surface area (Å²) in [7, 11) is 0. The van der Waals surface area contributed by atoms with Crippen LogP contribution >= 0.6 is 0 Å². The predicted molar refractivity (Wildman–Crippen MR) is 87.8 cm³/mol. The summed E-state index contributed by atoms with van der Waals surface area (Å²) in [5.74, 6) is 0.275. The van der Waals surface area contributed by atoms with E-state index in [4.69, 9.17) is 4.42 Å². The fourth-order valence-electron chi connectivity index (χ4n) is 2.55. The van der Waals surface area contributed by atoms with Crippen molar-refractivity contribution in [2.24, 2.45) is 0 Å². The molecule has 0 fully saturated rings. The van der Waals surface area contributed by atoms with Crippen molar-refractivity contribution in [1.82, 2.24) is 10.3 Å². The van der Waals surface area contributed by atoms with Crippen LogP contribution in [0.5, 0.6) is 0 Å². The third-order valence-electron chi connectivity index (χ3n) is 3.80. The third-order valence-corrected chi connectivity index (χ3v) is 3.80. The number of nitrogens with one attached hydrogen (secondary N) is 1. The maximum atomic E-state index is 12.8. The molecule has 0 aliphatic rings. The number of rotatable bonds is 5. The Hall–Kier alpha value is -2.88. The quantitative estimate of drug-likeness (QED) is 0.785. The van der Waals surface area contributed by atoms with Crippen molar-refractivity contribution < 1.29 is 9.21 Å². The molecule has 0 unspecified atom stereocenters. The SMILES string of the molecule is Cc1ncoc1CNC(=O)C(c1ccccc1)c1ccccc1. The molecule has 4 nitrogen and oxygen atoms in total. The van der Waals surface area contributed by atoms with Crippen molar-refractivity contribution in [3.05, 3.63) is 89.6 Å². The van der Waals surface area contributed by atoms with E-state index < -0.39 is 0 Å². The topological polar surface area (TPSA) is 55.1 Å². The molecule has 23 heavy (non-hydrogen) atoms. The molecule has 0 saturated heterocycles. The van der Waals surface area contributed by atoms with Gasteiger partial charge < -0.3 is 9.73 Å². The summed E-state index contributed by atoms with van der Waals surface area (Å²) in [6.07, 6.45) is 1.39. The van der Waals surface area contributed by atoms with Crippen molar-refractivity contribution in [3.63, 3.8) is 0 Å². The number of benzene rings is 2. The molecule has 0 bridgehead atoms. The van der Waals surface area contributed by atoms with Crippen LogP contribution in [0.25, 0.3) is 0 Å². The van der Waals surface area contributed by atoms with E-state index in [1.54, 1.807) is 0 Å². The largest absolute Gasteiger partial charge is 0.446 e. The Morgan fingerprint density at radius 1 is 1.04 bits per heavy atom. The minimum atomic E-state index is -0.347. The second kappa shape index (κ2) is 6.92. The average molecular weight is 306 g/mol. The lowest BCUT2D eigenvalue weighted by Crippen LogP contribution is -2.29. The van der Waals surface area contributed by atoms with Crippen molar-refractivity contribution in [1.29, 1.82) is 0 Å². The van der Waals surface area contributed by atoms with Crippen LogP contribution in [0.15, 0.2) is 71.5 Å². The highest BCUT2D eigenvalue weighted by molar-refractivity contribution is 5.87. The standard InChI is InChI=1S/C19H18N2O2/c1-14-17(23-13-21-14)12-20-19(22)18(15-8-4-2-5-9-15)16-10-6-3-7-11-16/h2-11,13,18H,12H2,1H3,(H,20,22). The summed E-state index contributed by atoms with van der Waals surface area (Å²) in [6, 6.07) is 19.5. The summed E-state index contributed by atoms with van der Waals surface area (Å²) >= 11 is 0. The van der Waals surface area contributed by atoms with Crippen LogP contribution in [0.3, 0.4) is 0 Å². The van der Waals surface area contributed by atoms with E-state index in [1.807, 2.05) is 67.6 Å². The maximum absolute atomic E-state index is 12.8. The number of carbonyl (C=O) groups is 1. The van der Waals surface area contributed by atoms with Gasteiger partial charge >= 0.3 is 0 Å². The number of amides is 1. The second-order valence-electron chi connectivity index (χ2n) is 5.33. The first kappa shape index (κ1) is 15.0. The van der Waals surface area contributed by atoms with Crippen molar-refractivity contribution in [2.45, 2.75) is 19.4 Å². The lowest BCUT2D eigenvalue weighted by molar-refractivity contribution is -0.121. The molecular weight excluding hydrogens is 288 g/mol. The number of carbonyl (C=O) groups excluding carboxylic acids is 1. The summed E-state index contributed by atoms with van der Waals surface area (Å²) < 4.78 is 5.28. The van der Waals surface area contributed by atoms with Gasteiger partial charge in [-0.25, -0.2) is 4.98 Å². The molecule has 116 valence electrons. The van der Waals surface area contributed by atoms with Gasteiger partial charge in [0.25, 0.3) is 0 Å². The number of hydrogen-bond donors (Lipinski definition) is 1. The van der Waals surface area contributed by atoms with Crippen LogP contribution in [-0.2, 0) is 11.3 Å². The average Bonchev–Trinajstić information content (AvgIpc) is 3.00. The molecule has 1 heterocycles. The molecular formula is C19H18N2O2. The molecule has 0 atom stereocenters. The lowest BCUT2D eigenvalue weighted by Gasteiger charge is -2.17. The van der Waals surface area contributed by atoms with Gasteiger partial charge in [-0.2, -0.15) is 0 Å². The van der Waals surface area contributed by atoms with E-state index in [0.29, 0.717) is 12.3 Å². The summed E-state index contributed by atoms with van der Waals surface area (Å²) in [5, 5.41) is 2.95. The van der Waals surface area contributed by atoms with Gasteiger partial charge in [-0.1, -0.05) is 60.7 Å². The molecule has 0 spiro atoms. The van der Waals surface area contributed by atoms with Gasteiger partial charge in [-0.15, -0.1) is 0 Å². The fourth-order valence-corrected chi connectivity index (χ4v) is 2.55. The van der Waals surface area contributed by atoms with Gasteiger partial charge in [0.05, 0.1) is 18.2 Å². The van der Waals surface area contributed by atoms with Crippen LogP contribution in [0.2, 0.25) is 0 Å². The monoisotopic (exact) mass is 306 g/mol. The maximum Gasteiger partial charge on any atom is 0.232 e. The molecule has 3 rings (SSSR count). The minimum absolute atomic E-state index is 0.0572. The smallest absolute Gasteiger partial charge is 0.232 e. The number of aryl methyl sites for hydroxylation is 1. The molecule has 2 aromatic carbocycles. The van der Waals surface area contributed by atoms with Crippen molar-refractivity contribution in [3.8, 4) is 0 Å². The van der Waals surface area contributed by atoms with Crippen molar-refractivity contribution in [2.75, 3.05) is 0 Å². The van der Waals surface area contributed by atoms with Gasteiger partial charge in [0, 0.05) is 0 Å². The molecule has 4 heteroatoms. The molecule has 1 N–H and O–H groups in total. The van der Waals surface area contributed by atoms with E-state index in [-0.39, 0.29) is 11.8 Å². The normalized spacial score (nSPS) is 10.7. The first-order valence-corrected chi connectivity index (χ1v) is 7.52. The van der Waals surface area contributed by atoms with Crippen LogP contribution in [0, 0.1) is 6.92 Å². The van der Waals surface area contributed by atoms with Gasteiger partial charge in [0.1, 0.15) is 5.76 Å². The van der Waals surface area contributed by atoms with E-state index in [2.05, 4.69) is 10.3 Å². The highest BCUT2D eigenvalue weighted by Gasteiger charge is 2.22. The Morgan fingerprint density at radius 3 is 2.09 bits per heavy atom. The molecule has 0 saturated carbocycles. The highest BCUT2D eigenvalue weighted by Crippen LogP contribution is 2.24. The Kier molecular flexibility index (Phi) is 4.52. The zero-order valence-corrected chi connectivity index (χ0v) is 12.9. The molecule has 0 aliphatic carbocycles. The highest BCUT2D eigenvalue weighted by atomic mass is 16.3. The molecule has 0 radical (unpaired) electrons. The van der Waals surface area contributed by atoms with Gasteiger partial charge in [0.2, 0.25) is 5.91 Å². The van der Waals surface area contributed by atoms with E-state index in [9.17, 15) is 4.79 Å². The summed E-state index contributed by atoms with van der Waals surface area (Å²) in [5.41, 5.74) is 2.72. The molecule has 1 aromatic heterocycles. The molecule has 0 aliphatic heterocycles. The molecule has 3 aromatic rings. The number of aromatic nitrogens is 1. The van der Waals surface area contributed by atoms with Crippen LogP contribution in [-0.4, -0.2) is 10.9 Å². The molecule has 1 amide bonds. The zero-order valence-electron chi connectivity index (χ0n) is 12.9. The van der Waals surface area contributed by atoms with Crippen molar-refractivity contribution >= 4 is 5.91 Å². The Balaban J connectivity index is 1.83. The lowest BCUT2D eigenvalue weighted by atomic mass is 9.90. The van der Waals surface area contributed by atoms with Gasteiger partial charge in [-0.05, 0) is 18.1 Å². The first-order chi connectivity index (χ1) is 11.3. The Morgan fingerprint density at radius 2 is 1.61 bits per heavy atom. The third kappa shape index (κ3) is 3.48. The number of hydrogen-bond acceptors (Lipinski definition) is 3. The van der Waals surface area contributed by atoms with Gasteiger partial charge in [-0.3, -0.25) is 4.79 Å². The van der Waals surface area contributed by atoms with E-state index >= 15 is 0 Å². The zero-order chi connectivity index (χ0) is 16.1. The van der Waals surface area contributed by atoms with Gasteiger partial charge in [0.15, 0.2) is 6.39 Å².